The Morgan fingerprint density at radius 2 is 0.880 bits per heavy atom. The Bertz CT molecular complexity index is 875. The molecule has 0 saturated carbocycles. The van der Waals surface area contributed by atoms with Gasteiger partial charge in [-0.1, -0.05) is 168 Å². The molecular weight excluding hydrogens is 661 g/mol. The maximum absolute atomic E-state index is 12.5. The molecule has 1 unspecified atom stereocenters. The smallest absolute Gasteiger partial charge is 0.472 e. The van der Waals surface area contributed by atoms with E-state index >= 15 is 0 Å². The lowest BCUT2D eigenvalue weighted by molar-refractivity contribution is -0.161. The van der Waals surface area contributed by atoms with Crippen LogP contribution in [0.25, 0.3) is 0 Å². The van der Waals surface area contributed by atoms with Gasteiger partial charge < -0.3 is 25.2 Å². The third kappa shape index (κ3) is 33.6. The molecule has 296 valence electrons. The van der Waals surface area contributed by atoms with Crippen LogP contribution in [-0.4, -0.2) is 59.9 Å². The van der Waals surface area contributed by atoms with Gasteiger partial charge in [0, 0.05) is 12.8 Å². The molecule has 0 aromatic heterocycles. The molecule has 4 N–H and O–H groups in total. The number of phosphoric ester groups is 1. The molecule has 0 radical (unpaired) electrons. The van der Waals surface area contributed by atoms with Crippen LogP contribution in [0, 0.1) is 0 Å². The number of phosphoric acid groups is 1. The van der Waals surface area contributed by atoms with Crippen molar-refractivity contribution in [2.24, 2.45) is 5.73 Å². The third-order valence-corrected chi connectivity index (χ3v) is 9.81. The average Bonchev–Trinajstić information content (AvgIpc) is 3.09. The summed E-state index contributed by atoms with van der Waals surface area (Å²) >= 11 is 0. The number of carboxylic acids is 1. The van der Waals surface area contributed by atoms with Gasteiger partial charge in [-0.25, -0.2) is 4.57 Å². The number of nitrogens with two attached hydrogens (primary N) is 1. The number of rotatable bonds is 38. The number of carbonyl (C=O) groups is 3. The van der Waals surface area contributed by atoms with Gasteiger partial charge in [0.25, 0.3) is 0 Å². The second-order valence-electron chi connectivity index (χ2n) is 13.8. The molecule has 0 aliphatic carbocycles. The van der Waals surface area contributed by atoms with E-state index in [0.29, 0.717) is 12.8 Å². The molecule has 0 amide bonds. The first-order valence-electron chi connectivity index (χ1n) is 20.1. The molecule has 0 aliphatic heterocycles. The number of ether oxygens (including phenoxy) is 2. The molecule has 0 saturated heterocycles. The van der Waals surface area contributed by atoms with Crippen LogP contribution in [-0.2, 0) is 37.5 Å². The molecule has 0 bridgehead atoms. The van der Waals surface area contributed by atoms with Gasteiger partial charge in [-0.3, -0.25) is 23.4 Å². The summed E-state index contributed by atoms with van der Waals surface area (Å²) < 4.78 is 32.6. The third-order valence-electron chi connectivity index (χ3n) is 8.86. The van der Waals surface area contributed by atoms with E-state index in [2.05, 4.69) is 18.4 Å². The lowest BCUT2D eigenvalue weighted by atomic mass is 10.0. The van der Waals surface area contributed by atoms with Gasteiger partial charge in [-0.2, -0.15) is 0 Å². The molecule has 0 rings (SSSR count). The second-order valence-corrected chi connectivity index (χ2v) is 15.2. The monoisotopic (exact) mass is 736 g/mol. The second kappa shape index (κ2) is 34.6. The predicted molar refractivity (Wildman–Crippen MR) is 199 cm³/mol. The van der Waals surface area contributed by atoms with Crippen LogP contribution in [0.3, 0.4) is 0 Å². The summed E-state index contributed by atoms with van der Waals surface area (Å²) in [5.74, 6) is -2.37. The van der Waals surface area contributed by atoms with Gasteiger partial charge in [0.2, 0.25) is 0 Å². The van der Waals surface area contributed by atoms with E-state index in [1.54, 1.807) is 0 Å². The fraction of sp³-hybridized carbons (Fsp3) is 0.921. The van der Waals surface area contributed by atoms with Gasteiger partial charge in [0.1, 0.15) is 12.6 Å². The molecule has 3 atom stereocenters. The summed E-state index contributed by atoms with van der Waals surface area (Å²) in [6.45, 7) is 2.79. The first-order valence-corrected chi connectivity index (χ1v) is 21.6. The summed E-state index contributed by atoms with van der Waals surface area (Å²) in [7, 11) is -4.70. The standard InChI is InChI=1S/C38H74NO10P/c1-3-5-7-9-11-13-15-16-17-18-19-20-22-23-25-27-29-36(40)46-31-34(32-47-50(44,45)48-33-35(39)38(42)43)49-37(41)30-28-26-24-21-14-12-10-8-6-4-2/h34-35H,3-33,39H2,1-2H3,(H,42,43)(H,44,45)/t34-,35+/m1/s1. The number of carboxylic acid groups (broad SMARTS) is 1. The van der Waals surface area contributed by atoms with Crippen molar-refractivity contribution >= 4 is 25.7 Å². The topological polar surface area (TPSA) is 172 Å². The largest absolute Gasteiger partial charge is 0.480 e. The minimum absolute atomic E-state index is 0.168. The van der Waals surface area contributed by atoms with Crippen molar-refractivity contribution in [3.8, 4) is 0 Å². The average molecular weight is 736 g/mol. The number of hydrogen-bond donors (Lipinski definition) is 3. The lowest BCUT2D eigenvalue weighted by Crippen LogP contribution is -2.34. The van der Waals surface area contributed by atoms with Crippen molar-refractivity contribution in [3.63, 3.8) is 0 Å². The zero-order valence-corrected chi connectivity index (χ0v) is 32.7. The Balaban J connectivity index is 4.32. The number of esters is 2. The minimum Gasteiger partial charge on any atom is -0.480 e. The normalized spacial score (nSPS) is 13.8. The molecule has 0 aliphatic rings. The fourth-order valence-corrected chi connectivity index (χ4v) is 6.43. The lowest BCUT2D eigenvalue weighted by Gasteiger charge is -2.20. The molecule has 0 spiro atoms. The molecule has 0 heterocycles. The Morgan fingerprint density at radius 1 is 0.540 bits per heavy atom. The van der Waals surface area contributed by atoms with Crippen molar-refractivity contribution in [3.05, 3.63) is 0 Å². The van der Waals surface area contributed by atoms with E-state index in [-0.39, 0.29) is 19.4 Å². The number of hydrogen-bond acceptors (Lipinski definition) is 9. The summed E-state index contributed by atoms with van der Waals surface area (Å²) in [5, 5.41) is 8.85. The van der Waals surface area contributed by atoms with Gasteiger partial charge in [-0.15, -0.1) is 0 Å². The Morgan fingerprint density at radius 3 is 1.26 bits per heavy atom. The van der Waals surface area contributed by atoms with Crippen LogP contribution in [0.15, 0.2) is 0 Å². The highest BCUT2D eigenvalue weighted by molar-refractivity contribution is 7.47. The summed E-state index contributed by atoms with van der Waals surface area (Å²) in [5.41, 5.74) is 5.31. The van der Waals surface area contributed by atoms with Gasteiger partial charge in [0.15, 0.2) is 6.10 Å². The summed E-state index contributed by atoms with van der Waals surface area (Å²) in [4.78, 5) is 45.7. The van der Waals surface area contributed by atoms with Crippen molar-refractivity contribution in [2.45, 2.75) is 206 Å². The Hall–Kier alpha value is -1.52. The van der Waals surface area contributed by atoms with Crippen LogP contribution in [0.5, 0.6) is 0 Å². The number of carbonyl (C=O) groups excluding carboxylic acids is 2. The quantitative estimate of drug-likeness (QED) is 0.0313. The molecular formula is C38H74NO10P. The highest BCUT2D eigenvalue weighted by atomic mass is 31.2. The molecule has 0 aromatic carbocycles. The maximum atomic E-state index is 12.5. The molecule has 11 nitrogen and oxygen atoms in total. The fourth-order valence-electron chi connectivity index (χ4n) is 5.65. The molecule has 0 fully saturated rings. The van der Waals surface area contributed by atoms with E-state index < -0.39 is 51.1 Å². The Kier molecular flexibility index (Phi) is 33.5. The van der Waals surface area contributed by atoms with Crippen LogP contribution in [0.1, 0.15) is 194 Å². The first kappa shape index (κ1) is 48.5. The van der Waals surface area contributed by atoms with Gasteiger partial charge in [0.05, 0.1) is 13.2 Å². The van der Waals surface area contributed by atoms with Gasteiger partial charge in [-0.05, 0) is 12.8 Å². The zero-order valence-electron chi connectivity index (χ0n) is 31.8. The van der Waals surface area contributed by atoms with Crippen LogP contribution in [0.4, 0.5) is 0 Å². The van der Waals surface area contributed by atoms with Crippen LogP contribution >= 0.6 is 7.82 Å². The number of aliphatic carboxylic acids is 1. The van der Waals surface area contributed by atoms with E-state index in [4.69, 9.17) is 24.8 Å². The highest BCUT2D eigenvalue weighted by Gasteiger charge is 2.28. The van der Waals surface area contributed by atoms with E-state index in [0.717, 1.165) is 38.5 Å². The van der Waals surface area contributed by atoms with E-state index in [1.807, 2.05) is 0 Å². The first-order chi connectivity index (χ1) is 24.1. The zero-order chi connectivity index (χ0) is 37.1. The molecule has 0 aromatic rings. The van der Waals surface area contributed by atoms with Gasteiger partial charge >= 0.3 is 25.7 Å². The SMILES string of the molecule is CCCCCCCCCCCCCCCCCCC(=O)OC[C@H](COP(=O)(O)OC[C@H](N)C(=O)O)OC(=O)CCCCCCCCCCCC. The Labute approximate surface area is 304 Å². The highest BCUT2D eigenvalue weighted by Crippen LogP contribution is 2.43. The van der Waals surface area contributed by atoms with Crippen molar-refractivity contribution in [1.29, 1.82) is 0 Å². The van der Waals surface area contributed by atoms with Crippen molar-refractivity contribution in [2.75, 3.05) is 19.8 Å². The molecule has 50 heavy (non-hydrogen) atoms. The van der Waals surface area contributed by atoms with E-state index in [1.165, 1.54) is 116 Å². The van der Waals surface area contributed by atoms with Crippen molar-refractivity contribution < 1.29 is 47.5 Å². The number of unbranched alkanes of at least 4 members (excludes halogenated alkanes) is 24. The predicted octanol–water partition coefficient (Wildman–Crippen LogP) is 9.95. The maximum Gasteiger partial charge on any atom is 0.472 e. The minimum atomic E-state index is -4.70. The van der Waals surface area contributed by atoms with E-state index in [9.17, 15) is 23.8 Å². The summed E-state index contributed by atoms with van der Waals surface area (Å²) in [6, 6.07) is -1.51. The molecule has 12 heteroatoms. The van der Waals surface area contributed by atoms with Crippen LogP contribution < -0.4 is 5.73 Å². The van der Waals surface area contributed by atoms with Crippen LogP contribution in [0.2, 0.25) is 0 Å². The summed E-state index contributed by atoms with van der Waals surface area (Å²) in [6.07, 6.45) is 30.3. The van der Waals surface area contributed by atoms with Crippen molar-refractivity contribution in [1.82, 2.24) is 0 Å².